The third kappa shape index (κ3) is 9.23. The van der Waals surface area contributed by atoms with Crippen LogP contribution >= 0.6 is 46.4 Å². The first-order chi connectivity index (χ1) is 21.0. The Balaban J connectivity index is 1.42. The fourth-order valence-corrected chi connectivity index (χ4v) is 6.92. The number of carbonyl (C=O) groups is 3. The number of rotatable bonds is 12. The first kappa shape index (κ1) is 34.3. The normalized spacial score (nSPS) is 19.1. The van der Waals surface area contributed by atoms with Gasteiger partial charge in [-0.25, -0.2) is 0 Å². The molecule has 238 valence electrons. The number of nitrogens with two attached hydrogens (primary N) is 1. The number of benzene rings is 2. The van der Waals surface area contributed by atoms with Gasteiger partial charge in [-0.05, 0) is 74.5 Å². The summed E-state index contributed by atoms with van der Waals surface area (Å²) in [6.07, 6.45) is 4.09. The highest BCUT2D eigenvalue weighted by Crippen LogP contribution is 2.31. The molecular weight excluding hydrogens is 648 g/mol. The van der Waals surface area contributed by atoms with E-state index in [2.05, 4.69) is 15.4 Å². The summed E-state index contributed by atoms with van der Waals surface area (Å²) in [5, 5.41) is 8.80. The number of primary amides is 1. The van der Waals surface area contributed by atoms with Crippen molar-refractivity contribution in [1.29, 1.82) is 0 Å². The number of nitrogens with zero attached hydrogens (tertiary/aromatic N) is 3. The topological polar surface area (TPSA) is 117 Å². The lowest BCUT2D eigenvalue weighted by molar-refractivity contribution is -0.144. The van der Waals surface area contributed by atoms with Crippen LogP contribution < -0.4 is 11.1 Å². The molecule has 1 unspecified atom stereocenters. The van der Waals surface area contributed by atoms with Crippen LogP contribution in [0.15, 0.2) is 41.6 Å². The summed E-state index contributed by atoms with van der Waals surface area (Å²) in [7, 11) is 1.46. The molecule has 2 aromatic carbocycles. The van der Waals surface area contributed by atoms with E-state index in [-0.39, 0.29) is 42.7 Å². The molecule has 0 bridgehead atoms. The molecule has 0 saturated carbocycles. The average molecular weight is 685 g/mol. The highest BCUT2D eigenvalue weighted by molar-refractivity contribution is 6.42. The highest BCUT2D eigenvalue weighted by Gasteiger charge is 2.35. The Bertz CT molecular complexity index is 1360. The number of piperidine rings is 2. The minimum atomic E-state index is -0.429. The molecule has 3 N–H and O–H groups in total. The Hall–Kier alpha value is -2.56. The van der Waals surface area contributed by atoms with Gasteiger partial charge in [-0.2, -0.15) is 0 Å². The van der Waals surface area contributed by atoms with E-state index in [4.69, 9.17) is 57.0 Å². The van der Waals surface area contributed by atoms with Crippen LogP contribution in [0.25, 0.3) is 0 Å². The molecule has 2 atom stereocenters. The number of likely N-dealkylation sites (tertiary alicyclic amines) is 2. The molecule has 13 heteroatoms. The second kappa shape index (κ2) is 16.1. The van der Waals surface area contributed by atoms with Crippen molar-refractivity contribution in [3.05, 3.63) is 67.6 Å². The van der Waals surface area contributed by atoms with Gasteiger partial charge in [0.2, 0.25) is 11.8 Å². The van der Waals surface area contributed by atoms with Gasteiger partial charge in [-0.3, -0.25) is 14.4 Å². The van der Waals surface area contributed by atoms with E-state index < -0.39 is 5.91 Å². The fourth-order valence-electron chi connectivity index (χ4n) is 6.09. The number of carbonyl (C=O) groups excluding carboxylic acids is 3. The SMILES string of the molecule is CO/N=C(\CNC(=O)c1cc(Cl)cc(Cl)c1)C(CCN1CCC(N2CCC[C@H](CC(N)=O)C2=O)CC1)c1ccc(Cl)c(Cl)c1. The van der Waals surface area contributed by atoms with Crippen molar-refractivity contribution < 1.29 is 19.2 Å². The zero-order valence-electron chi connectivity index (χ0n) is 24.5. The van der Waals surface area contributed by atoms with Crippen LogP contribution in [0.1, 0.15) is 60.4 Å². The van der Waals surface area contributed by atoms with Crippen molar-refractivity contribution in [2.75, 3.05) is 39.8 Å². The summed E-state index contributed by atoms with van der Waals surface area (Å²) >= 11 is 24.8. The minimum Gasteiger partial charge on any atom is -0.399 e. The maximum absolute atomic E-state index is 13.1. The lowest BCUT2D eigenvalue weighted by Crippen LogP contribution is -2.52. The summed E-state index contributed by atoms with van der Waals surface area (Å²) < 4.78 is 0. The van der Waals surface area contributed by atoms with Crippen molar-refractivity contribution in [3.63, 3.8) is 0 Å². The molecule has 0 spiro atoms. The Morgan fingerprint density at radius 1 is 1.02 bits per heavy atom. The predicted molar refractivity (Wildman–Crippen MR) is 175 cm³/mol. The second-order valence-electron chi connectivity index (χ2n) is 11.2. The zero-order chi connectivity index (χ0) is 31.8. The molecule has 0 aliphatic carbocycles. The number of oxime groups is 1. The number of hydrogen-bond acceptors (Lipinski definition) is 6. The zero-order valence-corrected chi connectivity index (χ0v) is 27.6. The standard InChI is InChI=1S/C31H37Cl4N5O4/c1-44-38-28(18-37-30(42)21-13-22(32)17-23(33)14-21)25(19-4-5-26(34)27(35)15-19)8-12-39-10-6-24(7-11-39)40-9-2-3-20(31(40)43)16-29(36)41/h4-5,13-15,17,20,24-25H,2-3,6-12,16,18H2,1H3,(H2,36,41)(H,37,42)/b38-28+/t20-,25?/m1/s1. The largest absolute Gasteiger partial charge is 0.399 e. The summed E-state index contributed by atoms with van der Waals surface area (Å²) in [5.74, 6) is -1.26. The summed E-state index contributed by atoms with van der Waals surface area (Å²) in [6.45, 7) is 3.24. The van der Waals surface area contributed by atoms with Crippen molar-refractivity contribution in [2.45, 2.75) is 50.5 Å². The third-order valence-electron chi connectivity index (χ3n) is 8.27. The van der Waals surface area contributed by atoms with Gasteiger partial charge in [0, 0.05) is 59.5 Å². The van der Waals surface area contributed by atoms with Crippen LogP contribution in [-0.4, -0.2) is 79.1 Å². The van der Waals surface area contributed by atoms with Crippen molar-refractivity contribution in [1.82, 2.24) is 15.1 Å². The predicted octanol–water partition coefficient (Wildman–Crippen LogP) is 5.78. The molecule has 44 heavy (non-hydrogen) atoms. The molecule has 9 nitrogen and oxygen atoms in total. The molecule has 2 aromatic rings. The molecule has 0 aromatic heterocycles. The molecule has 0 radical (unpaired) electrons. The van der Waals surface area contributed by atoms with Gasteiger partial charge in [0.15, 0.2) is 0 Å². The van der Waals surface area contributed by atoms with Crippen LogP contribution in [-0.2, 0) is 14.4 Å². The fraction of sp³-hybridized carbons (Fsp3) is 0.484. The second-order valence-corrected chi connectivity index (χ2v) is 12.9. The number of hydrogen-bond donors (Lipinski definition) is 2. The van der Waals surface area contributed by atoms with Gasteiger partial charge in [0.25, 0.3) is 5.91 Å². The van der Waals surface area contributed by atoms with Gasteiger partial charge >= 0.3 is 0 Å². The van der Waals surface area contributed by atoms with E-state index in [1.165, 1.54) is 7.11 Å². The van der Waals surface area contributed by atoms with Crippen LogP contribution in [0, 0.1) is 5.92 Å². The minimum absolute atomic E-state index is 0.0516. The van der Waals surface area contributed by atoms with Gasteiger partial charge < -0.3 is 25.7 Å². The van der Waals surface area contributed by atoms with Gasteiger partial charge in [0.1, 0.15) is 7.11 Å². The van der Waals surface area contributed by atoms with Crippen molar-refractivity contribution in [3.8, 4) is 0 Å². The molecule has 4 rings (SSSR count). The van der Waals surface area contributed by atoms with E-state index >= 15 is 0 Å². The lowest BCUT2D eigenvalue weighted by Gasteiger charge is -2.42. The van der Waals surface area contributed by atoms with Crippen LogP contribution in [0.2, 0.25) is 20.1 Å². The summed E-state index contributed by atoms with van der Waals surface area (Å²) in [4.78, 5) is 47.0. The lowest BCUT2D eigenvalue weighted by atomic mass is 9.89. The van der Waals surface area contributed by atoms with Gasteiger partial charge in [0.05, 0.1) is 22.3 Å². The number of halogens is 4. The maximum atomic E-state index is 13.1. The molecule has 2 heterocycles. The number of nitrogens with one attached hydrogen (secondary N) is 1. The van der Waals surface area contributed by atoms with E-state index in [1.807, 2.05) is 17.0 Å². The first-order valence-electron chi connectivity index (χ1n) is 14.7. The van der Waals surface area contributed by atoms with E-state index in [9.17, 15) is 14.4 Å². The molecule has 2 saturated heterocycles. The van der Waals surface area contributed by atoms with Crippen molar-refractivity contribution >= 4 is 69.8 Å². The Morgan fingerprint density at radius 3 is 2.36 bits per heavy atom. The number of amides is 3. The summed E-state index contributed by atoms with van der Waals surface area (Å²) in [6, 6.07) is 10.3. The Labute approximate surface area is 277 Å². The van der Waals surface area contributed by atoms with E-state index in [0.29, 0.717) is 44.2 Å². The Kier molecular flexibility index (Phi) is 12.6. The summed E-state index contributed by atoms with van der Waals surface area (Å²) in [5.41, 5.74) is 7.22. The Morgan fingerprint density at radius 2 is 1.73 bits per heavy atom. The van der Waals surface area contributed by atoms with E-state index in [0.717, 1.165) is 51.0 Å². The van der Waals surface area contributed by atoms with Crippen molar-refractivity contribution in [2.24, 2.45) is 16.8 Å². The van der Waals surface area contributed by atoms with Crippen LogP contribution in [0.5, 0.6) is 0 Å². The molecule has 3 amide bonds. The average Bonchev–Trinajstić information content (AvgIpc) is 2.98. The molecule has 2 aliphatic rings. The quantitative estimate of drug-likeness (QED) is 0.217. The van der Waals surface area contributed by atoms with Gasteiger partial charge in [-0.1, -0.05) is 57.6 Å². The molecular formula is C31H37Cl4N5O4. The van der Waals surface area contributed by atoms with E-state index in [1.54, 1.807) is 24.3 Å². The monoisotopic (exact) mass is 683 g/mol. The maximum Gasteiger partial charge on any atom is 0.251 e. The first-order valence-corrected chi connectivity index (χ1v) is 16.2. The highest BCUT2D eigenvalue weighted by atomic mass is 35.5. The molecule has 2 aliphatic heterocycles. The molecule has 2 fully saturated rings. The van der Waals surface area contributed by atoms with Crippen LogP contribution in [0.3, 0.4) is 0 Å². The van der Waals surface area contributed by atoms with Crippen LogP contribution in [0.4, 0.5) is 0 Å². The third-order valence-corrected chi connectivity index (χ3v) is 9.45. The smallest absolute Gasteiger partial charge is 0.251 e. The van der Waals surface area contributed by atoms with Gasteiger partial charge in [-0.15, -0.1) is 0 Å².